The van der Waals surface area contributed by atoms with Gasteiger partial charge >= 0.3 is 0 Å². The highest BCUT2D eigenvalue weighted by atomic mass is 16.5. The number of nitrogens with one attached hydrogen (secondary N) is 1. The first-order valence-electron chi connectivity index (χ1n) is 4.27. The Bertz CT molecular complexity index is 410. The number of nitrogens with two attached hydrogens (primary N) is 1. The lowest BCUT2D eigenvalue weighted by molar-refractivity contribution is 0.0959. The molecule has 1 amide bonds. The largest absolute Gasteiger partial charge is 0.497 e. The molecule has 1 aromatic carbocycles. The van der Waals surface area contributed by atoms with Crippen LogP contribution in [-0.2, 0) is 0 Å². The van der Waals surface area contributed by atoms with E-state index < -0.39 is 0 Å². The van der Waals surface area contributed by atoms with Gasteiger partial charge in [-0.05, 0) is 12.1 Å². The number of nitrogens with zero attached hydrogens (tertiary/aromatic N) is 1. The number of anilines is 1. The van der Waals surface area contributed by atoms with Gasteiger partial charge in [-0.15, -0.1) is 0 Å². The van der Waals surface area contributed by atoms with E-state index in [0.717, 1.165) is 0 Å². The maximum Gasteiger partial charge on any atom is 0.254 e. The number of ether oxygens (including phenoxy) is 1. The molecule has 1 aromatic rings. The summed E-state index contributed by atoms with van der Waals surface area (Å²) in [5.74, 6) is 0.223. The average molecular weight is 205 g/mol. The van der Waals surface area contributed by atoms with Gasteiger partial charge in [-0.1, -0.05) is 0 Å². The molecule has 0 aliphatic rings. The van der Waals surface area contributed by atoms with Crippen molar-refractivity contribution in [1.82, 2.24) is 5.32 Å². The maximum absolute atomic E-state index is 11.4. The van der Waals surface area contributed by atoms with E-state index in [4.69, 9.17) is 15.7 Å². The van der Waals surface area contributed by atoms with Crippen LogP contribution in [0, 0.1) is 11.3 Å². The van der Waals surface area contributed by atoms with Gasteiger partial charge in [-0.25, -0.2) is 0 Å². The predicted octanol–water partition coefficient (Wildman–Crippen LogP) is 0.531. The van der Waals surface area contributed by atoms with E-state index in [-0.39, 0.29) is 12.5 Å². The molecule has 0 aliphatic heterocycles. The van der Waals surface area contributed by atoms with Crippen LogP contribution in [0.15, 0.2) is 18.2 Å². The minimum Gasteiger partial charge on any atom is -0.497 e. The first-order valence-corrected chi connectivity index (χ1v) is 4.27. The first-order chi connectivity index (χ1) is 7.19. The van der Waals surface area contributed by atoms with Gasteiger partial charge < -0.3 is 15.8 Å². The van der Waals surface area contributed by atoms with Crippen LogP contribution in [0.3, 0.4) is 0 Å². The fourth-order valence-electron chi connectivity index (χ4n) is 1.09. The van der Waals surface area contributed by atoms with Crippen LogP contribution in [0.4, 0.5) is 5.69 Å². The predicted molar refractivity (Wildman–Crippen MR) is 55.4 cm³/mol. The van der Waals surface area contributed by atoms with E-state index in [9.17, 15) is 4.79 Å². The van der Waals surface area contributed by atoms with Gasteiger partial charge in [0.15, 0.2) is 0 Å². The highest BCUT2D eigenvalue weighted by molar-refractivity contribution is 5.99. The van der Waals surface area contributed by atoms with E-state index in [1.807, 2.05) is 6.07 Å². The van der Waals surface area contributed by atoms with Crippen LogP contribution in [0.5, 0.6) is 5.75 Å². The van der Waals surface area contributed by atoms with Crippen LogP contribution in [0.2, 0.25) is 0 Å². The van der Waals surface area contributed by atoms with Gasteiger partial charge in [-0.2, -0.15) is 5.26 Å². The fraction of sp³-hybridized carbons (Fsp3) is 0.200. The van der Waals surface area contributed by atoms with Crippen molar-refractivity contribution in [1.29, 1.82) is 5.26 Å². The number of methoxy groups -OCH3 is 1. The van der Waals surface area contributed by atoms with Gasteiger partial charge in [-0.3, -0.25) is 4.79 Å². The molecule has 0 fully saturated rings. The molecule has 15 heavy (non-hydrogen) atoms. The summed E-state index contributed by atoms with van der Waals surface area (Å²) in [5.41, 5.74) is 6.31. The summed E-state index contributed by atoms with van der Waals surface area (Å²) in [6.07, 6.45) is 0. The van der Waals surface area contributed by atoms with Crippen LogP contribution in [0.1, 0.15) is 10.4 Å². The molecule has 78 valence electrons. The Morgan fingerprint density at radius 2 is 2.40 bits per heavy atom. The zero-order chi connectivity index (χ0) is 11.3. The Hall–Kier alpha value is -2.22. The topological polar surface area (TPSA) is 88.1 Å². The third-order valence-corrected chi connectivity index (χ3v) is 1.83. The van der Waals surface area contributed by atoms with Gasteiger partial charge in [0.1, 0.15) is 12.3 Å². The number of carbonyl (C=O) groups excluding carboxylic acids is 1. The molecule has 0 atom stereocenters. The van der Waals surface area contributed by atoms with E-state index in [1.165, 1.54) is 7.11 Å². The summed E-state index contributed by atoms with van der Waals surface area (Å²) in [7, 11) is 1.52. The van der Waals surface area contributed by atoms with Crippen LogP contribution >= 0.6 is 0 Å². The second-order valence-corrected chi connectivity index (χ2v) is 2.79. The second-order valence-electron chi connectivity index (χ2n) is 2.79. The highest BCUT2D eigenvalue weighted by Gasteiger charge is 2.09. The van der Waals surface area contributed by atoms with Gasteiger partial charge in [0.05, 0.1) is 18.7 Å². The summed E-state index contributed by atoms with van der Waals surface area (Å²) in [6, 6.07) is 6.56. The zero-order valence-corrected chi connectivity index (χ0v) is 8.28. The Kier molecular flexibility index (Phi) is 3.52. The maximum atomic E-state index is 11.4. The molecule has 0 unspecified atom stereocenters. The summed E-state index contributed by atoms with van der Waals surface area (Å²) in [5, 5.41) is 10.7. The minimum absolute atomic E-state index is 0.0374. The van der Waals surface area contributed by atoms with Gasteiger partial charge in [0.2, 0.25) is 0 Å². The summed E-state index contributed by atoms with van der Waals surface area (Å²) < 4.78 is 4.95. The number of benzene rings is 1. The SMILES string of the molecule is COc1ccc(C(=O)NCC#N)c(N)c1. The van der Waals surface area contributed by atoms with Gasteiger partial charge in [0, 0.05) is 11.8 Å². The number of nitrogen functional groups attached to an aromatic ring is 1. The molecule has 0 spiro atoms. The lowest BCUT2D eigenvalue weighted by Gasteiger charge is -2.06. The smallest absolute Gasteiger partial charge is 0.254 e. The molecule has 0 aliphatic carbocycles. The monoisotopic (exact) mass is 205 g/mol. The Labute approximate surface area is 87.4 Å². The van der Waals surface area contributed by atoms with E-state index in [1.54, 1.807) is 18.2 Å². The van der Waals surface area contributed by atoms with Crippen LogP contribution in [0.25, 0.3) is 0 Å². The lowest BCUT2D eigenvalue weighted by Crippen LogP contribution is -2.24. The third kappa shape index (κ3) is 2.61. The number of hydrogen-bond donors (Lipinski definition) is 2. The lowest BCUT2D eigenvalue weighted by atomic mass is 10.1. The first kappa shape index (κ1) is 10.9. The Balaban J connectivity index is 2.86. The van der Waals surface area contributed by atoms with Crippen molar-refractivity contribution in [2.24, 2.45) is 0 Å². The highest BCUT2D eigenvalue weighted by Crippen LogP contribution is 2.19. The molecule has 0 saturated heterocycles. The summed E-state index contributed by atoms with van der Waals surface area (Å²) in [4.78, 5) is 11.4. The molecule has 5 heteroatoms. The van der Waals surface area contributed by atoms with Crippen molar-refractivity contribution in [2.75, 3.05) is 19.4 Å². The number of nitriles is 1. The normalized spacial score (nSPS) is 9.07. The van der Waals surface area contributed by atoms with E-state index in [0.29, 0.717) is 17.0 Å². The zero-order valence-electron chi connectivity index (χ0n) is 8.28. The van der Waals surface area contributed by atoms with E-state index in [2.05, 4.69) is 5.32 Å². The molecule has 5 nitrogen and oxygen atoms in total. The molecule has 0 aromatic heterocycles. The van der Waals surface area contributed by atoms with Crippen LogP contribution < -0.4 is 15.8 Å². The van der Waals surface area contributed by atoms with Crippen LogP contribution in [-0.4, -0.2) is 19.6 Å². The summed E-state index contributed by atoms with van der Waals surface area (Å²) in [6.45, 7) is -0.0374. The summed E-state index contributed by atoms with van der Waals surface area (Å²) >= 11 is 0. The molecule has 1 rings (SSSR count). The average Bonchev–Trinajstić information content (AvgIpc) is 2.25. The minimum atomic E-state index is -0.364. The Morgan fingerprint density at radius 3 is 2.93 bits per heavy atom. The number of hydrogen-bond acceptors (Lipinski definition) is 4. The Morgan fingerprint density at radius 1 is 1.67 bits per heavy atom. The molecular weight excluding hydrogens is 194 g/mol. The van der Waals surface area contributed by atoms with Crippen molar-refractivity contribution >= 4 is 11.6 Å². The van der Waals surface area contributed by atoms with Crippen molar-refractivity contribution < 1.29 is 9.53 Å². The quantitative estimate of drug-likeness (QED) is 0.556. The standard InChI is InChI=1S/C10H11N3O2/c1-15-7-2-3-8(9(12)6-7)10(14)13-5-4-11/h2-3,6H,5,12H2,1H3,(H,13,14). The van der Waals surface area contributed by atoms with Crippen molar-refractivity contribution in [3.8, 4) is 11.8 Å². The molecule has 0 saturated carbocycles. The molecule has 0 bridgehead atoms. The molecular formula is C10H11N3O2. The molecule has 3 N–H and O–H groups in total. The molecule has 0 radical (unpaired) electrons. The fourth-order valence-corrected chi connectivity index (χ4v) is 1.09. The van der Waals surface area contributed by atoms with Crippen molar-refractivity contribution in [2.45, 2.75) is 0 Å². The number of carbonyl (C=O) groups is 1. The number of amides is 1. The van der Waals surface area contributed by atoms with Gasteiger partial charge in [0.25, 0.3) is 5.91 Å². The van der Waals surface area contributed by atoms with Crippen molar-refractivity contribution in [3.63, 3.8) is 0 Å². The second kappa shape index (κ2) is 4.86. The molecule has 0 heterocycles. The number of rotatable bonds is 3. The van der Waals surface area contributed by atoms with Crippen molar-refractivity contribution in [3.05, 3.63) is 23.8 Å². The van der Waals surface area contributed by atoms with E-state index >= 15 is 0 Å². The third-order valence-electron chi connectivity index (χ3n) is 1.83.